The predicted octanol–water partition coefficient (Wildman–Crippen LogP) is 4.32. The van der Waals surface area contributed by atoms with Gasteiger partial charge in [-0.25, -0.2) is 24.0 Å². The van der Waals surface area contributed by atoms with Gasteiger partial charge in [-0.15, -0.1) is 0 Å². The van der Waals surface area contributed by atoms with Crippen LogP contribution in [-0.4, -0.2) is 75.9 Å². The molecule has 1 aliphatic rings. The van der Waals surface area contributed by atoms with Crippen molar-refractivity contribution in [2.24, 2.45) is 5.73 Å². The zero-order valence-electron chi connectivity index (χ0n) is 23.3. The second-order valence-corrected chi connectivity index (χ2v) is 10.0. The van der Waals surface area contributed by atoms with Crippen LogP contribution in [0.1, 0.15) is 29.7 Å². The number of carbonyl (C=O) groups is 1. The first-order valence-electron chi connectivity index (χ1n) is 13.2. The molecule has 1 saturated heterocycles. The minimum atomic E-state index is -2.76. The van der Waals surface area contributed by atoms with Crippen molar-refractivity contribution in [1.82, 2.24) is 29.6 Å². The fourth-order valence-electron chi connectivity index (χ4n) is 4.83. The molecule has 0 aliphatic carbocycles. The monoisotopic (exact) mass is 581 g/mol. The summed E-state index contributed by atoms with van der Waals surface area (Å²) in [6.07, 6.45) is 7.46. The topological polar surface area (TPSA) is 127 Å². The third-order valence-electron chi connectivity index (χ3n) is 6.86. The van der Waals surface area contributed by atoms with Crippen LogP contribution in [0.4, 0.5) is 30.5 Å². The molecule has 1 aromatic carbocycles. The Morgan fingerprint density at radius 1 is 1.19 bits per heavy atom. The average molecular weight is 582 g/mol. The lowest BCUT2D eigenvalue weighted by molar-refractivity contribution is 0.0566. The van der Waals surface area contributed by atoms with Crippen molar-refractivity contribution in [3.63, 3.8) is 0 Å². The van der Waals surface area contributed by atoms with Gasteiger partial charge in [0.25, 0.3) is 5.91 Å². The van der Waals surface area contributed by atoms with Crippen LogP contribution >= 0.6 is 0 Å². The molecule has 1 fully saturated rings. The van der Waals surface area contributed by atoms with Gasteiger partial charge in [-0.2, -0.15) is 13.9 Å². The maximum atomic E-state index is 15.3. The lowest BCUT2D eigenvalue weighted by Gasteiger charge is -2.34. The van der Waals surface area contributed by atoms with E-state index in [1.807, 2.05) is 0 Å². The predicted molar refractivity (Wildman–Crippen MR) is 151 cm³/mol. The molecule has 1 aliphatic heterocycles. The van der Waals surface area contributed by atoms with Gasteiger partial charge >= 0.3 is 6.55 Å². The average Bonchev–Trinajstić information content (AvgIpc) is 3.47. The second-order valence-electron chi connectivity index (χ2n) is 10.0. The lowest BCUT2D eigenvalue weighted by Crippen LogP contribution is -2.43. The largest absolute Gasteiger partial charge is 0.496 e. The summed E-state index contributed by atoms with van der Waals surface area (Å²) in [6, 6.07) is 5.91. The van der Waals surface area contributed by atoms with Gasteiger partial charge in [0.2, 0.25) is 0 Å². The number of methoxy groups -OCH3 is 1. The zero-order valence-corrected chi connectivity index (χ0v) is 23.3. The number of benzene rings is 1. The number of nitrogens with one attached hydrogen (secondary N) is 1. The Bertz CT molecular complexity index is 1590. The van der Waals surface area contributed by atoms with Crippen LogP contribution in [0.25, 0.3) is 22.5 Å². The molecule has 1 atom stereocenters. The molecule has 5 rings (SSSR count). The van der Waals surface area contributed by atoms with Crippen LogP contribution in [-0.2, 0) is 0 Å². The third kappa shape index (κ3) is 5.98. The standard InChI is InChI=1S/C28H30F3N9O2/c1-38(2)27(41)16-9-20(29)25(22(10-16)42-3)26-33-7-6-23(37-26)36-24-11-21(39-8-4-5-18(32)15-39)19(13-34-24)17-12-35-40(14-17)28(30)31/h6-7,9-14,18,28H,4-5,8,15,32H2,1-3H3,(H,33,34,36,37)/t18-/m0/s1. The molecule has 220 valence electrons. The Labute approximate surface area is 240 Å². The number of alkyl halides is 2. The summed E-state index contributed by atoms with van der Waals surface area (Å²) in [5, 5.41) is 6.89. The Morgan fingerprint density at radius 3 is 2.69 bits per heavy atom. The minimum absolute atomic E-state index is 0.00111. The summed E-state index contributed by atoms with van der Waals surface area (Å²) in [6.45, 7) is -1.45. The van der Waals surface area contributed by atoms with Gasteiger partial charge in [0.1, 0.15) is 23.2 Å². The number of halogens is 3. The number of piperidine rings is 1. The highest BCUT2D eigenvalue weighted by Crippen LogP contribution is 2.36. The van der Waals surface area contributed by atoms with E-state index in [9.17, 15) is 13.6 Å². The molecule has 0 unspecified atom stereocenters. The molecule has 3 N–H and O–H groups in total. The highest BCUT2D eigenvalue weighted by Gasteiger charge is 2.23. The molecule has 11 nitrogen and oxygen atoms in total. The first-order valence-corrected chi connectivity index (χ1v) is 13.2. The maximum Gasteiger partial charge on any atom is 0.333 e. The summed E-state index contributed by atoms with van der Waals surface area (Å²) in [7, 11) is 4.51. The number of aromatic nitrogens is 5. The van der Waals surface area contributed by atoms with Crippen LogP contribution in [0.2, 0.25) is 0 Å². The number of carbonyl (C=O) groups excluding carboxylic acids is 1. The van der Waals surface area contributed by atoms with Crippen molar-refractivity contribution in [3.05, 3.63) is 60.4 Å². The van der Waals surface area contributed by atoms with E-state index in [4.69, 9.17) is 10.5 Å². The number of anilines is 3. The Morgan fingerprint density at radius 2 is 2.00 bits per heavy atom. The molecular formula is C28H30F3N9O2. The molecular weight excluding hydrogens is 551 g/mol. The molecule has 1 amide bonds. The van der Waals surface area contributed by atoms with E-state index < -0.39 is 12.4 Å². The van der Waals surface area contributed by atoms with Crippen LogP contribution in [0.5, 0.6) is 5.75 Å². The second kappa shape index (κ2) is 12.0. The summed E-state index contributed by atoms with van der Waals surface area (Å²) in [5.41, 5.74) is 8.23. The third-order valence-corrected chi connectivity index (χ3v) is 6.86. The highest BCUT2D eigenvalue weighted by atomic mass is 19.3. The van der Waals surface area contributed by atoms with Gasteiger partial charge in [-0.1, -0.05) is 0 Å². The fraction of sp³-hybridized carbons (Fsp3) is 0.321. The number of pyridine rings is 1. The van der Waals surface area contributed by atoms with E-state index in [1.165, 1.54) is 36.7 Å². The number of hydrogen-bond acceptors (Lipinski definition) is 9. The highest BCUT2D eigenvalue weighted by molar-refractivity contribution is 5.95. The molecule has 0 bridgehead atoms. The zero-order chi connectivity index (χ0) is 30.0. The van der Waals surface area contributed by atoms with Crippen molar-refractivity contribution in [2.45, 2.75) is 25.4 Å². The van der Waals surface area contributed by atoms with Gasteiger partial charge in [-0.3, -0.25) is 4.79 Å². The molecule has 4 heterocycles. The Hall–Kier alpha value is -4.72. The van der Waals surface area contributed by atoms with E-state index in [2.05, 4.69) is 30.3 Å². The number of amides is 1. The molecule has 42 heavy (non-hydrogen) atoms. The number of ether oxygens (including phenoxy) is 1. The van der Waals surface area contributed by atoms with E-state index in [0.29, 0.717) is 34.0 Å². The maximum absolute atomic E-state index is 15.3. The molecule has 14 heteroatoms. The lowest BCUT2D eigenvalue weighted by atomic mass is 10.0. The first-order chi connectivity index (χ1) is 20.1. The van der Waals surface area contributed by atoms with Crippen molar-refractivity contribution < 1.29 is 22.7 Å². The Kier molecular flexibility index (Phi) is 8.24. The van der Waals surface area contributed by atoms with E-state index in [1.54, 1.807) is 32.4 Å². The van der Waals surface area contributed by atoms with Crippen molar-refractivity contribution in [1.29, 1.82) is 0 Å². The number of nitrogens with zero attached hydrogens (tertiary/aromatic N) is 7. The van der Waals surface area contributed by atoms with Gasteiger partial charge in [-0.05, 0) is 31.0 Å². The quantitative estimate of drug-likeness (QED) is 0.313. The van der Waals surface area contributed by atoms with Crippen LogP contribution < -0.4 is 20.7 Å². The van der Waals surface area contributed by atoms with Gasteiger partial charge in [0.15, 0.2) is 5.82 Å². The summed E-state index contributed by atoms with van der Waals surface area (Å²) < 4.78 is 47.7. The van der Waals surface area contributed by atoms with E-state index >= 15 is 4.39 Å². The molecule has 4 aromatic rings. The van der Waals surface area contributed by atoms with E-state index in [-0.39, 0.29) is 34.6 Å². The minimum Gasteiger partial charge on any atom is -0.496 e. The number of rotatable bonds is 8. The van der Waals surface area contributed by atoms with Crippen LogP contribution in [0.15, 0.2) is 49.1 Å². The molecule has 0 saturated carbocycles. The SMILES string of the molecule is COc1cc(C(=O)N(C)C)cc(F)c1-c1nccc(Nc2cc(N3CCC[C@H](N)C3)c(-c3cnn(C(F)F)c3)cn2)n1. The normalized spacial score (nSPS) is 15.1. The van der Waals surface area contributed by atoms with Gasteiger partial charge in [0.05, 0.1) is 18.9 Å². The summed E-state index contributed by atoms with van der Waals surface area (Å²) in [5.74, 6) is -0.214. The van der Waals surface area contributed by atoms with Crippen molar-refractivity contribution in [2.75, 3.05) is 44.5 Å². The number of nitrogens with two attached hydrogens (primary N) is 1. The first kappa shape index (κ1) is 28.8. The van der Waals surface area contributed by atoms with Crippen LogP contribution in [0, 0.1) is 5.82 Å². The summed E-state index contributed by atoms with van der Waals surface area (Å²) >= 11 is 0. The van der Waals surface area contributed by atoms with Gasteiger partial charge < -0.3 is 25.6 Å². The summed E-state index contributed by atoms with van der Waals surface area (Å²) in [4.78, 5) is 29.0. The molecule has 0 radical (unpaired) electrons. The fourth-order valence-corrected chi connectivity index (χ4v) is 4.83. The smallest absolute Gasteiger partial charge is 0.333 e. The Balaban J connectivity index is 1.49. The molecule has 0 spiro atoms. The van der Waals surface area contributed by atoms with E-state index in [0.717, 1.165) is 31.1 Å². The van der Waals surface area contributed by atoms with Crippen molar-refractivity contribution in [3.8, 4) is 28.3 Å². The van der Waals surface area contributed by atoms with Crippen molar-refractivity contribution >= 4 is 23.2 Å². The number of hydrogen-bond donors (Lipinski definition) is 2. The molecule has 3 aromatic heterocycles. The van der Waals surface area contributed by atoms with Crippen LogP contribution in [0.3, 0.4) is 0 Å². The van der Waals surface area contributed by atoms with Gasteiger partial charge in [0, 0.05) is 80.3 Å².